The van der Waals surface area contributed by atoms with Gasteiger partial charge in [-0.3, -0.25) is 0 Å². The summed E-state index contributed by atoms with van der Waals surface area (Å²) in [6, 6.07) is 2.07. The lowest BCUT2D eigenvalue weighted by Crippen LogP contribution is -1.89. The second kappa shape index (κ2) is 2.79. The first-order chi connectivity index (χ1) is 6.74. The van der Waals surface area contributed by atoms with Crippen molar-refractivity contribution in [3.8, 4) is 0 Å². The van der Waals surface area contributed by atoms with Crippen LogP contribution < -0.4 is 0 Å². The highest BCUT2D eigenvalue weighted by molar-refractivity contribution is 9.10. The fraction of sp³-hybridized carbons (Fsp3) is 0.400. The van der Waals surface area contributed by atoms with Gasteiger partial charge in [-0.25, -0.2) is 9.50 Å². The Bertz CT molecular complexity index is 499. The molecule has 0 aromatic carbocycles. The van der Waals surface area contributed by atoms with Crippen LogP contribution in [0.2, 0.25) is 0 Å². The minimum Gasteiger partial charge on any atom is -0.219 e. The zero-order valence-corrected chi connectivity index (χ0v) is 9.45. The second-order valence-corrected chi connectivity index (χ2v) is 4.77. The molecular formula is C10H10BrN3. The van der Waals surface area contributed by atoms with Crippen molar-refractivity contribution in [3.63, 3.8) is 0 Å². The van der Waals surface area contributed by atoms with E-state index in [4.69, 9.17) is 0 Å². The predicted molar refractivity (Wildman–Crippen MR) is 57.4 cm³/mol. The number of nitrogens with zero attached hydrogens (tertiary/aromatic N) is 3. The smallest absolute Gasteiger partial charge is 0.158 e. The summed E-state index contributed by atoms with van der Waals surface area (Å²) in [5.74, 6) is 1.62. The van der Waals surface area contributed by atoms with Gasteiger partial charge in [0, 0.05) is 16.6 Å². The van der Waals surface area contributed by atoms with Gasteiger partial charge in [-0.2, -0.15) is 5.10 Å². The van der Waals surface area contributed by atoms with E-state index in [2.05, 4.69) is 39.0 Å². The molecule has 0 bridgehead atoms. The molecule has 2 heterocycles. The van der Waals surface area contributed by atoms with Crippen molar-refractivity contribution in [2.45, 2.75) is 25.7 Å². The van der Waals surface area contributed by atoms with Gasteiger partial charge in [-0.1, -0.05) is 0 Å². The van der Waals surface area contributed by atoms with E-state index in [1.54, 1.807) is 0 Å². The van der Waals surface area contributed by atoms with Crippen LogP contribution >= 0.6 is 15.9 Å². The van der Waals surface area contributed by atoms with Gasteiger partial charge >= 0.3 is 0 Å². The van der Waals surface area contributed by atoms with E-state index in [0.717, 1.165) is 15.9 Å². The van der Waals surface area contributed by atoms with Gasteiger partial charge in [0.2, 0.25) is 0 Å². The summed E-state index contributed by atoms with van der Waals surface area (Å²) in [5.41, 5.74) is 2.15. The van der Waals surface area contributed by atoms with E-state index in [1.807, 2.05) is 10.7 Å². The quantitative estimate of drug-likeness (QED) is 0.781. The molecule has 1 aliphatic carbocycles. The van der Waals surface area contributed by atoms with E-state index >= 15 is 0 Å². The molecule has 0 radical (unpaired) electrons. The Labute approximate surface area is 90.3 Å². The van der Waals surface area contributed by atoms with Crippen molar-refractivity contribution in [1.29, 1.82) is 0 Å². The third-order valence-corrected chi connectivity index (χ3v) is 2.98. The molecule has 72 valence electrons. The standard InChI is InChI=1S/C10H10BrN3/c1-6-4-8(11)5-14-10(6)12-9(13-14)7-2-3-7/h4-5,7H,2-3H2,1H3. The van der Waals surface area contributed by atoms with E-state index in [0.29, 0.717) is 5.92 Å². The molecule has 0 N–H and O–H groups in total. The van der Waals surface area contributed by atoms with Crippen LogP contribution in [0.5, 0.6) is 0 Å². The molecule has 4 heteroatoms. The van der Waals surface area contributed by atoms with Crippen LogP contribution in [0.15, 0.2) is 16.7 Å². The zero-order chi connectivity index (χ0) is 9.71. The topological polar surface area (TPSA) is 30.2 Å². The SMILES string of the molecule is Cc1cc(Br)cn2nc(C3CC3)nc12. The van der Waals surface area contributed by atoms with Crippen LogP contribution in [0, 0.1) is 6.92 Å². The van der Waals surface area contributed by atoms with Gasteiger partial charge in [0.1, 0.15) is 0 Å². The molecule has 0 saturated heterocycles. The third kappa shape index (κ3) is 1.25. The Hall–Kier alpha value is -0.900. The first-order valence-corrected chi connectivity index (χ1v) is 5.56. The second-order valence-electron chi connectivity index (χ2n) is 3.85. The Kier molecular flexibility index (Phi) is 1.68. The average Bonchev–Trinajstić information content (AvgIpc) is 2.87. The predicted octanol–water partition coefficient (Wildman–Crippen LogP) is 2.68. The fourth-order valence-electron chi connectivity index (χ4n) is 1.64. The van der Waals surface area contributed by atoms with Gasteiger partial charge in [-0.05, 0) is 47.3 Å². The first-order valence-electron chi connectivity index (χ1n) is 4.76. The minimum atomic E-state index is 0.619. The fourth-order valence-corrected chi connectivity index (χ4v) is 2.18. The summed E-state index contributed by atoms with van der Waals surface area (Å²) < 4.78 is 2.92. The molecular weight excluding hydrogens is 242 g/mol. The highest BCUT2D eigenvalue weighted by Crippen LogP contribution is 2.38. The van der Waals surface area contributed by atoms with Crippen molar-refractivity contribution in [2.75, 3.05) is 0 Å². The van der Waals surface area contributed by atoms with Crippen LogP contribution in [0.4, 0.5) is 0 Å². The van der Waals surface area contributed by atoms with Gasteiger partial charge in [0.05, 0.1) is 0 Å². The molecule has 0 aliphatic heterocycles. The highest BCUT2D eigenvalue weighted by Gasteiger charge is 2.28. The van der Waals surface area contributed by atoms with Gasteiger partial charge in [0.15, 0.2) is 11.5 Å². The zero-order valence-electron chi connectivity index (χ0n) is 7.87. The molecule has 2 aromatic rings. The Morgan fingerprint density at radius 1 is 1.50 bits per heavy atom. The number of halogens is 1. The van der Waals surface area contributed by atoms with Crippen LogP contribution in [0.1, 0.15) is 30.1 Å². The minimum absolute atomic E-state index is 0.619. The first kappa shape index (κ1) is 8.41. The number of aromatic nitrogens is 3. The molecule has 0 unspecified atom stereocenters. The summed E-state index contributed by atoms with van der Waals surface area (Å²) in [7, 11) is 0. The van der Waals surface area contributed by atoms with E-state index in [-0.39, 0.29) is 0 Å². The number of aryl methyl sites for hydroxylation is 1. The maximum atomic E-state index is 4.55. The number of hydrogen-bond acceptors (Lipinski definition) is 2. The molecule has 3 nitrogen and oxygen atoms in total. The molecule has 1 saturated carbocycles. The van der Waals surface area contributed by atoms with Crippen molar-refractivity contribution < 1.29 is 0 Å². The average molecular weight is 252 g/mol. The molecule has 1 fully saturated rings. The molecule has 0 atom stereocenters. The van der Waals surface area contributed by atoms with Crippen molar-refractivity contribution >= 4 is 21.6 Å². The largest absolute Gasteiger partial charge is 0.219 e. The molecule has 14 heavy (non-hydrogen) atoms. The summed E-state index contributed by atoms with van der Waals surface area (Å²) in [6.45, 7) is 2.06. The number of hydrogen-bond donors (Lipinski definition) is 0. The summed E-state index contributed by atoms with van der Waals surface area (Å²) in [4.78, 5) is 4.55. The lowest BCUT2D eigenvalue weighted by atomic mass is 10.3. The normalized spacial score (nSPS) is 16.4. The highest BCUT2D eigenvalue weighted by atomic mass is 79.9. The molecule has 3 rings (SSSR count). The summed E-state index contributed by atoms with van der Waals surface area (Å²) in [5, 5.41) is 4.47. The van der Waals surface area contributed by atoms with Crippen molar-refractivity contribution in [3.05, 3.63) is 28.1 Å². The van der Waals surface area contributed by atoms with Gasteiger partial charge < -0.3 is 0 Å². The Morgan fingerprint density at radius 3 is 3.00 bits per heavy atom. The molecule has 2 aromatic heterocycles. The van der Waals surface area contributed by atoms with Crippen LogP contribution in [-0.4, -0.2) is 14.6 Å². The lowest BCUT2D eigenvalue weighted by molar-refractivity contribution is 0.875. The number of pyridine rings is 1. The van der Waals surface area contributed by atoms with Crippen LogP contribution in [-0.2, 0) is 0 Å². The van der Waals surface area contributed by atoms with Crippen molar-refractivity contribution in [1.82, 2.24) is 14.6 Å². The third-order valence-electron chi connectivity index (χ3n) is 2.54. The van der Waals surface area contributed by atoms with E-state index < -0.39 is 0 Å². The monoisotopic (exact) mass is 251 g/mol. The maximum Gasteiger partial charge on any atom is 0.158 e. The van der Waals surface area contributed by atoms with Crippen LogP contribution in [0.3, 0.4) is 0 Å². The number of rotatable bonds is 1. The molecule has 0 spiro atoms. The number of fused-ring (bicyclic) bond motifs is 1. The van der Waals surface area contributed by atoms with E-state index in [1.165, 1.54) is 18.4 Å². The van der Waals surface area contributed by atoms with E-state index in [9.17, 15) is 0 Å². The van der Waals surface area contributed by atoms with Crippen LogP contribution in [0.25, 0.3) is 5.65 Å². The Balaban J connectivity index is 2.26. The lowest BCUT2D eigenvalue weighted by Gasteiger charge is -1.96. The molecule has 1 aliphatic rings. The summed E-state index contributed by atoms with van der Waals surface area (Å²) in [6.07, 6.45) is 4.45. The Morgan fingerprint density at radius 2 is 2.29 bits per heavy atom. The molecule has 0 amide bonds. The summed E-state index contributed by atoms with van der Waals surface area (Å²) >= 11 is 3.46. The van der Waals surface area contributed by atoms with Gasteiger partial charge in [0.25, 0.3) is 0 Å². The van der Waals surface area contributed by atoms with Crippen molar-refractivity contribution in [2.24, 2.45) is 0 Å². The van der Waals surface area contributed by atoms with Gasteiger partial charge in [-0.15, -0.1) is 0 Å². The maximum absolute atomic E-state index is 4.55.